The lowest BCUT2D eigenvalue weighted by molar-refractivity contribution is -0.150. The van der Waals surface area contributed by atoms with Crippen LogP contribution in [0.15, 0.2) is 24.3 Å². The Hall–Kier alpha value is -1.35. The monoisotopic (exact) mass is 220 g/mol. The first-order valence-electron chi connectivity index (χ1n) is 5.53. The van der Waals surface area contributed by atoms with Crippen molar-refractivity contribution >= 4 is 5.97 Å². The fraction of sp³-hybridized carbons (Fsp3) is 0.462. The Labute approximate surface area is 95.4 Å². The predicted octanol–water partition coefficient (Wildman–Crippen LogP) is 2.39. The van der Waals surface area contributed by atoms with Crippen molar-refractivity contribution in [3.8, 4) is 0 Å². The molecule has 1 heterocycles. The normalized spacial score (nSPS) is 22.9. The zero-order chi connectivity index (χ0) is 11.6. The quantitative estimate of drug-likeness (QED) is 0.734. The molecule has 0 amide bonds. The molecule has 3 nitrogen and oxygen atoms in total. The van der Waals surface area contributed by atoms with Gasteiger partial charge in [0.1, 0.15) is 5.60 Å². The van der Waals surface area contributed by atoms with Crippen LogP contribution in [0.3, 0.4) is 0 Å². The van der Waals surface area contributed by atoms with Gasteiger partial charge >= 0.3 is 5.97 Å². The van der Waals surface area contributed by atoms with Gasteiger partial charge in [0.25, 0.3) is 0 Å². The lowest BCUT2D eigenvalue weighted by Crippen LogP contribution is -2.26. The Bertz CT molecular complexity index is 400. The van der Waals surface area contributed by atoms with Crippen LogP contribution in [0.2, 0.25) is 0 Å². The molecule has 1 atom stereocenters. The van der Waals surface area contributed by atoms with E-state index in [0.29, 0.717) is 13.2 Å². The average molecular weight is 220 g/mol. The first-order valence-corrected chi connectivity index (χ1v) is 5.53. The Balaban J connectivity index is 2.18. The second-order valence-corrected chi connectivity index (χ2v) is 4.16. The molecule has 0 bridgehead atoms. The molecule has 1 aromatic carbocycles. The topological polar surface area (TPSA) is 35.5 Å². The number of hydrogen-bond acceptors (Lipinski definition) is 3. The van der Waals surface area contributed by atoms with Crippen molar-refractivity contribution in [3.63, 3.8) is 0 Å². The molecule has 0 spiro atoms. The van der Waals surface area contributed by atoms with Crippen molar-refractivity contribution < 1.29 is 14.3 Å². The average Bonchev–Trinajstić information content (AvgIpc) is 2.58. The van der Waals surface area contributed by atoms with E-state index >= 15 is 0 Å². The molecule has 0 fully saturated rings. The van der Waals surface area contributed by atoms with Crippen molar-refractivity contribution in [2.75, 3.05) is 6.61 Å². The minimum Gasteiger partial charge on any atom is -0.466 e. The second kappa shape index (κ2) is 4.26. The summed E-state index contributed by atoms with van der Waals surface area (Å²) >= 11 is 0. The summed E-state index contributed by atoms with van der Waals surface area (Å²) in [6.07, 6.45) is 0.276. The maximum atomic E-state index is 11.5. The molecule has 2 rings (SSSR count). The molecule has 0 aromatic heterocycles. The van der Waals surface area contributed by atoms with E-state index in [1.807, 2.05) is 38.1 Å². The van der Waals surface area contributed by atoms with Gasteiger partial charge in [-0.15, -0.1) is 0 Å². The number of benzene rings is 1. The largest absolute Gasteiger partial charge is 0.466 e. The number of esters is 1. The number of fused-ring (bicyclic) bond motifs is 1. The van der Waals surface area contributed by atoms with E-state index in [-0.39, 0.29) is 12.4 Å². The van der Waals surface area contributed by atoms with Crippen LogP contribution < -0.4 is 0 Å². The summed E-state index contributed by atoms with van der Waals surface area (Å²) < 4.78 is 10.7. The molecular formula is C13H16O3. The molecule has 1 aliphatic rings. The number of rotatable bonds is 3. The van der Waals surface area contributed by atoms with Crippen molar-refractivity contribution in [1.82, 2.24) is 0 Å². The summed E-state index contributed by atoms with van der Waals surface area (Å²) in [4.78, 5) is 11.5. The molecule has 0 saturated carbocycles. The lowest BCUT2D eigenvalue weighted by Gasteiger charge is -2.23. The third kappa shape index (κ3) is 1.95. The zero-order valence-corrected chi connectivity index (χ0v) is 9.66. The van der Waals surface area contributed by atoms with Crippen LogP contribution in [0.1, 0.15) is 31.4 Å². The van der Waals surface area contributed by atoms with Crippen molar-refractivity contribution in [2.45, 2.75) is 32.5 Å². The van der Waals surface area contributed by atoms with Crippen LogP contribution >= 0.6 is 0 Å². The molecule has 0 saturated heterocycles. The highest BCUT2D eigenvalue weighted by molar-refractivity contribution is 5.71. The molecule has 16 heavy (non-hydrogen) atoms. The minimum absolute atomic E-state index is 0.207. The fourth-order valence-corrected chi connectivity index (χ4v) is 2.11. The Morgan fingerprint density at radius 3 is 3.00 bits per heavy atom. The summed E-state index contributed by atoms with van der Waals surface area (Å²) in [5.41, 5.74) is 1.74. The lowest BCUT2D eigenvalue weighted by atomic mass is 9.91. The third-order valence-electron chi connectivity index (χ3n) is 2.92. The van der Waals surface area contributed by atoms with Crippen LogP contribution in [0.25, 0.3) is 0 Å². The molecule has 0 radical (unpaired) electrons. The summed E-state index contributed by atoms with van der Waals surface area (Å²) in [7, 11) is 0. The Morgan fingerprint density at radius 2 is 2.25 bits per heavy atom. The molecule has 1 aromatic rings. The molecule has 0 N–H and O–H groups in total. The van der Waals surface area contributed by atoms with E-state index < -0.39 is 5.60 Å². The van der Waals surface area contributed by atoms with Crippen LogP contribution in [0.5, 0.6) is 0 Å². The van der Waals surface area contributed by atoms with Crippen LogP contribution in [-0.2, 0) is 26.5 Å². The zero-order valence-electron chi connectivity index (χ0n) is 9.66. The predicted molar refractivity (Wildman–Crippen MR) is 59.8 cm³/mol. The second-order valence-electron chi connectivity index (χ2n) is 4.16. The van der Waals surface area contributed by atoms with Gasteiger partial charge in [-0.3, -0.25) is 4.79 Å². The first-order chi connectivity index (χ1) is 7.65. The highest BCUT2D eigenvalue weighted by atomic mass is 16.5. The van der Waals surface area contributed by atoms with Gasteiger partial charge in [-0.1, -0.05) is 24.3 Å². The van der Waals surface area contributed by atoms with E-state index in [2.05, 4.69) is 0 Å². The molecule has 86 valence electrons. The standard InChI is InChI=1S/C13H16O3/c1-3-15-12(14)8-13(2)11-7-5-4-6-10(11)9-16-13/h4-7H,3,8-9H2,1-2H3. The third-order valence-corrected chi connectivity index (χ3v) is 2.92. The van der Waals surface area contributed by atoms with Gasteiger partial charge in [-0.25, -0.2) is 0 Å². The fourth-order valence-electron chi connectivity index (χ4n) is 2.11. The van der Waals surface area contributed by atoms with E-state index in [0.717, 1.165) is 11.1 Å². The first kappa shape index (κ1) is 11.1. The van der Waals surface area contributed by atoms with Crippen molar-refractivity contribution in [1.29, 1.82) is 0 Å². The maximum absolute atomic E-state index is 11.5. The smallest absolute Gasteiger partial charge is 0.309 e. The van der Waals surface area contributed by atoms with Crippen molar-refractivity contribution in [3.05, 3.63) is 35.4 Å². The highest BCUT2D eigenvalue weighted by Gasteiger charge is 2.37. The van der Waals surface area contributed by atoms with Gasteiger partial charge in [-0.05, 0) is 25.0 Å². The van der Waals surface area contributed by atoms with Gasteiger partial charge in [0.2, 0.25) is 0 Å². The van der Waals surface area contributed by atoms with E-state index in [1.54, 1.807) is 0 Å². The summed E-state index contributed by atoms with van der Waals surface area (Å²) in [5.74, 6) is -0.207. The van der Waals surface area contributed by atoms with Crippen molar-refractivity contribution in [2.24, 2.45) is 0 Å². The molecule has 1 aliphatic heterocycles. The van der Waals surface area contributed by atoms with E-state index in [4.69, 9.17) is 9.47 Å². The maximum Gasteiger partial charge on any atom is 0.309 e. The number of carbonyl (C=O) groups excluding carboxylic acids is 1. The van der Waals surface area contributed by atoms with Gasteiger partial charge in [0.05, 0.1) is 19.6 Å². The summed E-state index contributed by atoms with van der Waals surface area (Å²) in [6, 6.07) is 8.00. The Morgan fingerprint density at radius 1 is 1.50 bits per heavy atom. The van der Waals surface area contributed by atoms with Gasteiger partial charge in [-0.2, -0.15) is 0 Å². The van der Waals surface area contributed by atoms with E-state index in [9.17, 15) is 4.79 Å². The molecular weight excluding hydrogens is 204 g/mol. The van der Waals surface area contributed by atoms with Gasteiger partial charge < -0.3 is 9.47 Å². The highest BCUT2D eigenvalue weighted by Crippen LogP contribution is 2.38. The number of hydrogen-bond donors (Lipinski definition) is 0. The molecule has 3 heteroatoms. The minimum atomic E-state index is -0.525. The molecule has 0 aliphatic carbocycles. The molecule has 1 unspecified atom stereocenters. The SMILES string of the molecule is CCOC(=O)CC1(C)OCc2ccccc21. The number of carbonyl (C=O) groups is 1. The van der Waals surface area contributed by atoms with Crippen LogP contribution in [0.4, 0.5) is 0 Å². The van der Waals surface area contributed by atoms with Crippen LogP contribution in [0, 0.1) is 0 Å². The number of ether oxygens (including phenoxy) is 2. The Kier molecular flexibility index (Phi) is 2.97. The van der Waals surface area contributed by atoms with Crippen LogP contribution in [-0.4, -0.2) is 12.6 Å². The summed E-state index contributed by atoms with van der Waals surface area (Å²) in [5, 5.41) is 0. The van der Waals surface area contributed by atoms with Gasteiger partial charge in [0.15, 0.2) is 0 Å². The van der Waals surface area contributed by atoms with Gasteiger partial charge in [0, 0.05) is 0 Å². The van der Waals surface area contributed by atoms with E-state index in [1.165, 1.54) is 0 Å². The summed E-state index contributed by atoms with van der Waals surface area (Å²) in [6.45, 7) is 4.74.